The first-order valence-electron chi connectivity index (χ1n) is 2.82. The molecule has 7 heteroatoms. The Morgan fingerprint density at radius 2 is 2.08 bits per heavy atom. The average molecular weight is 207 g/mol. The van der Waals surface area contributed by atoms with Gasteiger partial charge in [-0.15, -0.1) is 0 Å². The lowest BCUT2D eigenvalue weighted by atomic mass is 10.5. The van der Waals surface area contributed by atoms with E-state index in [0.29, 0.717) is 0 Å². The van der Waals surface area contributed by atoms with E-state index in [4.69, 9.17) is 4.55 Å². The van der Waals surface area contributed by atoms with Gasteiger partial charge in [0, 0.05) is 6.20 Å². The van der Waals surface area contributed by atoms with E-state index < -0.39 is 24.0 Å². The van der Waals surface area contributed by atoms with Crippen LogP contribution >= 0.6 is 0 Å². The summed E-state index contributed by atoms with van der Waals surface area (Å²) in [6, 6.07) is 4.09. The second kappa shape index (κ2) is 3.30. The lowest BCUT2D eigenvalue weighted by Crippen LogP contribution is -2.08. The van der Waals surface area contributed by atoms with Crippen molar-refractivity contribution in [1.82, 2.24) is 4.98 Å². The Kier molecular flexibility index (Phi) is 2.55. The Bertz CT molecular complexity index is 385. The molecule has 1 heterocycles. The Hall–Kier alpha value is -0.790. The van der Waals surface area contributed by atoms with Crippen LogP contribution in [-0.4, -0.2) is 22.2 Å². The minimum absolute atomic E-state index is 0.397. The average Bonchev–Trinajstić information content (AvgIpc) is 2.06. The van der Waals surface area contributed by atoms with Gasteiger partial charge in [-0.3, -0.25) is 4.55 Å². The monoisotopic (exact) mass is 207 g/mol. The van der Waals surface area contributed by atoms with Gasteiger partial charge in [-0.2, -0.15) is 0 Å². The van der Waals surface area contributed by atoms with E-state index >= 15 is 0 Å². The highest BCUT2D eigenvalue weighted by molar-refractivity contribution is 8.61. The second-order valence-electron chi connectivity index (χ2n) is 1.84. The molecular formula is C5H5NO4S2. The van der Waals surface area contributed by atoms with Crippen molar-refractivity contribution in [3.8, 4) is 0 Å². The van der Waals surface area contributed by atoms with E-state index in [1.54, 1.807) is 0 Å². The second-order valence-corrected chi connectivity index (χ2v) is 5.77. The van der Waals surface area contributed by atoms with Crippen LogP contribution in [0.2, 0.25) is 0 Å². The van der Waals surface area contributed by atoms with Crippen LogP contribution in [0.5, 0.6) is 0 Å². The normalized spacial score (nSPS) is 14.1. The molecule has 0 saturated heterocycles. The van der Waals surface area contributed by atoms with Crippen molar-refractivity contribution >= 4 is 19.0 Å². The van der Waals surface area contributed by atoms with E-state index in [1.807, 2.05) is 0 Å². The summed E-state index contributed by atoms with van der Waals surface area (Å²) in [5.41, 5.74) is 0. The van der Waals surface area contributed by atoms with Gasteiger partial charge in [-0.25, -0.2) is 17.6 Å². The number of pyridine rings is 1. The van der Waals surface area contributed by atoms with Gasteiger partial charge in [0.2, 0.25) is 0 Å². The highest BCUT2D eigenvalue weighted by atomic mass is 33.2. The van der Waals surface area contributed by atoms with Crippen LogP contribution in [0.3, 0.4) is 0 Å². The lowest BCUT2D eigenvalue weighted by Gasteiger charge is -1.95. The van der Waals surface area contributed by atoms with Crippen molar-refractivity contribution in [3.63, 3.8) is 0 Å². The summed E-state index contributed by atoms with van der Waals surface area (Å²) in [6.45, 7) is 0. The van der Waals surface area contributed by atoms with Gasteiger partial charge in [-0.1, -0.05) is 6.07 Å². The molecule has 1 aromatic rings. The molecule has 12 heavy (non-hydrogen) atoms. The predicted octanol–water partition coefficient (Wildman–Crippen LogP) is -0.00800. The van der Waals surface area contributed by atoms with Crippen molar-refractivity contribution in [2.45, 2.75) is 5.03 Å². The zero-order valence-corrected chi connectivity index (χ0v) is 7.38. The van der Waals surface area contributed by atoms with Gasteiger partial charge < -0.3 is 0 Å². The summed E-state index contributed by atoms with van der Waals surface area (Å²) in [5.74, 6) is 0. The van der Waals surface area contributed by atoms with Crippen LogP contribution in [-0.2, 0) is 19.0 Å². The molecule has 66 valence electrons. The highest BCUT2D eigenvalue weighted by Crippen LogP contribution is 2.08. The summed E-state index contributed by atoms with van der Waals surface area (Å²) >= 11 is 0. The fourth-order valence-corrected chi connectivity index (χ4v) is 1.88. The predicted molar refractivity (Wildman–Crippen MR) is 42.2 cm³/mol. The summed E-state index contributed by atoms with van der Waals surface area (Å²) in [7, 11) is -7.08. The number of hydrogen-bond donors (Lipinski definition) is 1. The third-order valence-corrected chi connectivity index (χ3v) is 3.85. The van der Waals surface area contributed by atoms with Crippen LogP contribution in [0, 0.1) is 0 Å². The molecule has 0 spiro atoms. The Labute approximate surface area is 71.1 Å². The van der Waals surface area contributed by atoms with Crippen molar-refractivity contribution in [2.75, 3.05) is 0 Å². The molecule has 0 fully saturated rings. The summed E-state index contributed by atoms with van der Waals surface area (Å²) in [5, 5.41) is -0.397. The van der Waals surface area contributed by atoms with Gasteiger partial charge >= 0.3 is 0 Å². The van der Waals surface area contributed by atoms with Crippen molar-refractivity contribution in [3.05, 3.63) is 24.4 Å². The molecule has 0 radical (unpaired) electrons. The molecule has 1 N–H and O–H groups in total. The Morgan fingerprint density at radius 3 is 2.50 bits per heavy atom. The molecule has 0 amide bonds. The third-order valence-electron chi connectivity index (χ3n) is 1.08. The third kappa shape index (κ3) is 1.68. The Morgan fingerprint density at radius 1 is 1.42 bits per heavy atom. The number of hydrogen-bond acceptors (Lipinski definition) is 4. The molecule has 5 nitrogen and oxygen atoms in total. The van der Waals surface area contributed by atoms with Gasteiger partial charge in [0.1, 0.15) is 0 Å². The topological polar surface area (TPSA) is 84.3 Å². The molecule has 0 aromatic carbocycles. The molecular weight excluding hydrogens is 202 g/mol. The quantitative estimate of drug-likeness (QED) is 0.544. The van der Waals surface area contributed by atoms with E-state index in [0.717, 1.165) is 6.07 Å². The van der Waals surface area contributed by atoms with Gasteiger partial charge in [0.05, 0.1) is 0 Å². The maximum Gasteiger partial charge on any atom is 0.299 e. The molecule has 1 unspecified atom stereocenters. The fraction of sp³-hybridized carbons (Fsp3) is 0. The highest BCUT2D eigenvalue weighted by Gasteiger charge is 2.21. The minimum atomic E-state index is -4.16. The summed E-state index contributed by atoms with van der Waals surface area (Å²) in [4.78, 5) is 3.43. The van der Waals surface area contributed by atoms with E-state index in [2.05, 4.69) is 4.98 Å². The molecule has 1 aromatic heterocycles. The zero-order chi connectivity index (χ0) is 9.19. The first kappa shape index (κ1) is 9.30. The summed E-state index contributed by atoms with van der Waals surface area (Å²) in [6.07, 6.45) is 1.24. The number of nitrogens with zero attached hydrogens (tertiary/aromatic N) is 1. The number of rotatable bonds is 2. The van der Waals surface area contributed by atoms with E-state index in [9.17, 15) is 12.6 Å². The maximum absolute atomic E-state index is 10.9. The van der Waals surface area contributed by atoms with Crippen LogP contribution in [0.1, 0.15) is 0 Å². The smallest absolute Gasteiger partial charge is 0.294 e. The van der Waals surface area contributed by atoms with Gasteiger partial charge in [0.25, 0.3) is 19.0 Å². The molecule has 0 aliphatic rings. The molecule has 0 saturated carbocycles. The SMILES string of the molecule is O=S(O)S(=O)(=O)c1ccccn1. The van der Waals surface area contributed by atoms with Crippen molar-refractivity contribution in [1.29, 1.82) is 0 Å². The molecule has 1 rings (SSSR count). The van der Waals surface area contributed by atoms with Crippen LogP contribution < -0.4 is 0 Å². The first-order chi connectivity index (χ1) is 5.55. The van der Waals surface area contributed by atoms with E-state index in [-0.39, 0.29) is 0 Å². The van der Waals surface area contributed by atoms with Gasteiger partial charge in [-0.05, 0) is 12.1 Å². The van der Waals surface area contributed by atoms with Gasteiger partial charge in [0.15, 0.2) is 5.03 Å². The molecule has 0 aliphatic carbocycles. The maximum atomic E-state index is 10.9. The Balaban J connectivity index is 3.26. The van der Waals surface area contributed by atoms with Crippen LogP contribution in [0.25, 0.3) is 0 Å². The van der Waals surface area contributed by atoms with Crippen LogP contribution in [0.15, 0.2) is 29.4 Å². The molecule has 0 bridgehead atoms. The molecule has 0 aliphatic heterocycles. The zero-order valence-electron chi connectivity index (χ0n) is 5.75. The first-order valence-corrected chi connectivity index (χ1v) is 5.93. The summed E-state index contributed by atoms with van der Waals surface area (Å²) < 4.78 is 40.5. The standard InChI is InChI=1S/C5H5NO4S2/c7-11(8)12(9,10)5-3-1-2-4-6-5/h1-4H,(H,7,8). The van der Waals surface area contributed by atoms with Crippen molar-refractivity contribution in [2.24, 2.45) is 0 Å². The van der Waals surface area contributed by atoms with Crippen LogP contribution in [0.4, 0.5) is 0 Å². The number of aromatic nitrogens is 1. The largest absolute Gasteiger partial charge is 0.299 e. The molecule has 1 atom stereocenters. The minimum Gasteiger partial charge on any atom is -0.294 e. The van der Waals surface area contributed by atoms with Crippen molar-refractivity contribution < 1.29 is 17.2 Å². The fourth-order valence-electron chi connectivity index (χ4n) is 0.568. The lowest BCUT2D eigenvalue weighted by molar-refractivity contribution is 0.561. The van der Waals surface area contributed by atoms with E-state index in [1.165, 1.54) is 18.3 Å².